The Balaban J connectivity index is 0.000000221. The summed E-state index contributed by atoms with van der Waals surface area (Å²) >= 11 is 0. The number of carboxylic acids is 2. The number of aromatic nitrogens is 3. The fourth-order valence-electron chi connectivity index (χ4n) is 1.04. The summed E-state index contributed by atoms with van der Waals surface area (Å²) in [4.78, 5) is 24.6. The summed E-state index contributed by atoms with van der Waals surface area (Å²) in [6, 6.07) is 5.61. The molecule has 0 amide bonds. The highest BCUT2D eigenvalue weighted by atomic mass is 16.4. The first-order valence-electron chi connectivity index (χ1n) is 5.38. The second kappa shape index (κ2) is 8.03. The average Bonchev–Trinajstić information content (AvgIpc) is 2.91. The quantitative estimate of drug-likeness (QED) is 0.709. The third-order valence-electron chi connectivity index (χ3n) is 1.80. The van der Waals surface area contributed by atoms with Crippen LogP contribution in [0.4, 0.5) is 5.69 Å². The van der Waals surface area contributed by atoms with E-state index in [9.17, 15) is 9.59 Å². The maximum atomic E-state index is 9.55. The lowest BCUT2D eigenvalue weighted by atomic mass is 10.4. The number of nitrogens with zero attached hydrogens (tertiary/aromatic N) is 3. The van der Waals surface area contributed by atoms with Crippen LogP contribution in [0.15, 0.2) is 55.1 Å². The van der Waals surface area contributed by atoms with E-state index in [1.54, 1.807) is 23.4 Å². The maximum Gasteiger partial charge on any atom is 0.328 e. The van der Waals surface area contributed by atoms with E-state index in [0.717, 1.165) is 5.69 Å². The maximum absolute atomic E-state index is 9.55. The second-order valence-electron chi connectivity index (χ2n) is 3.31. The van der Waals surface area contributed by atoms with E-state index in [1.165, 1.54) is 0 Å². The van der Waals surface area contributed by atoms with E-state index in [1.807, 2.05) is 24.4 Å². The summed E-state index contributed by atoms with van der Waals surface area (Å²) in [5, 5.41) is 19.6. The van der Waals surface area contributed by atoms with Crippen LogP contribution in [0, 0.1) is 0 Å². The van der Waals surface area contributed by atoms with Crippen molar-refractivity contribution in [2.75, 3.05) is 5.43 Å². The Morgan fingerprint density at radius 1 is 1.10 bits per heavy atom. The molecule has 8 heteroatoms. The van der Waals surface area contributed by atoms with Gasteiger partial charge in [0, 0.05) is 30.7 Å². The molecule has 0 aliphatic rings. The smallest absolute Gasteiger partial charge is 0.328 e. The zero-order valence-electron chi connectivity index (χ0n) is 10.2. The molecule has 0 atom stereocenters. The number of hydrogen-bond acceptors (Lipinski definition) is 5. The molecule has 2 heterocycles. The van der Waals surface area contributed by atoms with Crippen molar-refractivity contribution in [2.24, 2.45) is 0 Å². The summed E-state index contributed by atoms with van der Waals surface area (Å²) in [7, 11) is 0. The lowest BCUT2D eigenvalue weighted by Gasteiger charge is -2.03. The lowest BCUT2D eigenvalue weighted by molar-refractivity contribution is -0.134. The van der Waals surface area contributed by atoms with Gasteiger partial charge in [-0.2, -0.15) is 9.89 Å². The van der Waals surface area contributed by atoms with Gasteiger partial charge >= 0.3 is 11.9 Å². The normalized spacial score (nSPS) is 9.60. The van der Waals surface area contributed by atoms with Crippen molar-refractivity contribution >= 4 is 17.6 Å². The molecule has 20 heavy (non-hydrogen) atoms. The van der Waals surface area contributed by atoms with E-state index in [0.29, 0.717) is 12.2 Å². The van der Waals surface area contributed by atoms with Crippen molar-refractivity contribution in [3.05, 3.63) is 55.1 Å². The largest absolute Gasteiger partial charge is 0.478 e. The van der Waals surface area contributed by atoms with Crippen LogP contribution < -0.4 is 5.43 Å². The van der Waals surface area contributed by atoms with Crippen LogP contribution >= 0.6 is 0 Å². The van der Waals surface area contributed by atoms with Crippen molar-refractivity contribution in [1.29, 1.82) is 0 Å². The SMILES string of the molecule is O=C(O)/C=C\C(=O)O.c1cnn(Nc2ccncc2)c1. The molecule has 0 aliphatic carbocycles. The molecule has 0 saturated heterocycles. The molecule has 0 spiro atoms. The molecule has 3 N–H and O–H groups in total. The minimum atomic E-state index is -1.26. The van der Waals surface area contributed by atoms with E-state index < -0.39 is 11.9 Å². The Kier molecular flexibility index (Phi) is 5.98. The zero-order valence-corrected chi connectivity index (χ0v) is 10.2. The zero-order chi connectivity index (χ0) is 14.8. The molecule has 0 unspecified atom stereocenters. The number of carbonyl (C=O) groups is 2. The van der Waals surface area contributed by atoms with Crippen LogP contribution in [0.1, 0.15) is 0 Å². The predicted molar refractivity (Wildman–Crippen MR) is 69.9 cm³/mol. The molecular formula is C12H12N4O4. The molecule has 0 aliphatic heterocycles. The van der Waals surface area contributed by atoms with Crippen molar-refractivity contribution in [2.45, 2.75) is 0 Å². The van der Waals surface area contributed by atoms with Crippen molar-refractivity contribution in [3.8, 4) is 0 Å². The third kappa shape index (κ3) is 6.55. The molecule has 0 bridgehead atoms. The topological polar surface area (TPSA) is 117 Å². The van der Waals surface area contributed by atoms with E-state index in [2.05, 4.69) is 15.5 Å². The highest BCUT2D eigenvalue weighted by molar-refractivity contribution is 5.89. The van der Waals surface area contributed by atoms with E-state index >= 15 is 0 Å². The molecule has 2 aromatic heterocycles. The van der Waals surface area contributed by atoms with Gasteiger partial charge in [-0.25, -0.2) is 9.59 Å². The van der Waals surface area contributed by atoms with Crippen molar-refractivity contribution in [3.63, 3.8) is 0 Å². The Hall–Kier alpha value is -3.16. The van der Waals surface area contributed by atoms with Crippen LogP contribution in [0.25, 0.3) is 0 Å². The monoisotopic (exact) mass is 276 g/mol. The minimum absolute atomic E-state index is 0.558. The Labute approximate surface area is 114 Å². The highest BCUT2D eigenvalue weighted by Crippen LogP contribution is 2.02. The minimum Gasteiger partial charge on any atom is -0.478 e. The number of carboxylic acid groups (broad SMARTS) is 2. The second-order valence-corrected chi connectivity index (χ2v) is 3.31. The molecule has 104 valence electrons. The van der Waals surface area contributed by atoms with Crippen LogP contribution in [-0.2, 0) is 9.59 Å². The number of anilines is 1. The van der Waals surface area contributed by atoms with Gasteiger partial charge in [0.25, 0.3) is 0 Å². The van der Waals surface area contributed by atoms with Gasteiger partial charge in [-0.3, -0.25) is 10.4 Å². The first-order valence-corrected chi connectivity index (χ1v) is 5.38. The first-order chi connectivity index (χ1) is 9.58. The van der Waals surface area contributed by atoms with E-state index in [-0.39, 0.29) is 0 Å². The number of pyridine rings is 1. The third-order valence-corrected chi connectivity index (χ3v) is 1.80. The molecule has 0 aromatic carbocycles. The molecule has 2 aromatic rings. The number of hydrogen-bond donors (Lipinski definition) is 3. The van der Waals surface area contributed by atoms with Gasteiger partial charge in [0.05, 0.1) is 11.9 Å². The summed E-state index contributed by atoms with van der Waals surface area (Å²) in [6.45, 7) is 0. The fourth-order valence-corrected chi connectivity index (χ4v) is 1.04. The number of aliphatic carboxylic acids is 2. The standard InChI is InChI=1S/C8H8N4.C4H4O4/c1-4-10-12(7-1)11-8-2-5-9-6-3-8;5-3(6)1-2-4(7)8/h1-7H,(H,9,11);1-2H,(H,5,6)(H,7,8)/b;2-1-. The summed E-state index contributed by atoms with van der Waals surface area (Å²) in [5.41, 5.74) is 4.02. The summed E-state index contributed by atoms with van der Waals surface area (Å²) in [5.74, 6) is -2.51. The fraction of sp³-hybridized carbons (Fsp3) is 0. The number of rotatable bonds is 4. The van der Waals surface area contributed by atoms with Crippen molar-refractivity contribution in [1.82, 2.24) is 14.9 Å². The van der Waals surface area contributed by atoms with Gasteiger partial charge in [0.15, 0.2) is 0 Å². The number of nitrogens with one attached hydrogen (secondary N) is 1. The molecule has 8 nitrogen and oxygen atoms in total. The van der Waals surface area contributed by atoms with Gasteiger partial charge in [-0.15, -0.1) is 0 Å². The highest BCUT2D eigenvalue weighted by Gasteiger charge is 1.89. The van der Waals surface area contributed by atoms with Gasteiger partial charge in [0.1, 0.15) is 0 Å². The molecule has 0 fully saturated rings. The average molecular weight is 276 g/mol. The molecule has 0 saturated carbocycles. The molecule has 0 radical (unpaired) electrons. The predicted octanol–water partition coefficient (Wildman–Crippen LogP) is 0.865. The Morgan fingerprint density at radius 3 is 2.15 bits per heavy atom. The van der Waals surface area contributed by atoms with Crippen LogP contribution in [0.5, 0.6) is 0 Å². The Bertz CT molecular complexity index is 550. The van der Waals surface area contributed by atoms with Gasteiger partial charge in [-0.05, 0) is 18.2 Å². The summed E-state index contributed by atoms with van der Waals surface area (Å²) in [6.07, 6.45) is 8.12. The molecule has 2 rings (SSSR count). The summed E-state index contributed by atoms with van der Waals surface area (Å²) < 4.78 is 0. The van der Waals surface area contributed by atoms with Crippen LogP contribution in [-0.4, -0.2) is 37.0 Å². The molecular weight excluding hydrogens is 264 g/mol. The lowest BCUT2D eigenvalue weighted by Crippen LogP contribution is -2.08. The Morgan fingerprint density at radius 2 is 1.70 bits per heavy atom. The van der Waals surface area contributed by atoms with Crippen LogP contribution in [0.2, 0.25) is 0 Å². The van der Waals surface area contributed by atoms with Crippen molar-refractivity contribution < 1.29 is 19.8 Å². The van der Waals surface area contributed by atoms with Gasteiger partial charge < -0.3 is 10.2 Å². The first kappa shape index (κ1) is 14.9. The van der Waals surface area contributed by atoms with E-state index in [4.69, 9.17) is 10.2 Å². The van der Waals surface area contributed by atoms with Crippen LogP contribution in [0.3, 0.4) is 0 Å². The van der Waals surface area contributed by atoms with Gasteiger partial charge in [-0.1, -0.05) is 0 Å². The van der Waals surface area contributed by atoms with Gasteiger partial charge in [0.2, 0.25) is 0 Å².